The summed E-state index contributed by atoms with van der Waals surface area (Å²) in [4.78, 5) is 11.5. The minimum atomic E-state index is 0.102. The lowest BCUT2D eigenvalue weighted by molar-refractivity contribution is 0.535. The average molecular weight is 167 g/mol. The highest BCUT2D eigenvalue weighted by Gasteiger charge is 2.21. The van der Waals surface area contributed by atoms with Crippen LogP contribution in [-0.2, 0) is 13.5 Å². The number of nitrogens with one attached hydrogen (secondary N) is 2. The molecular formula is C8H13N3O. The summed E-state index contributed by atoms with van der Waals surface area (Å²) in [6.45, 7) is 2.97. The summed E-state index contributed by atoms with van der Waals surface area (Å²) in [7, 11) is 1.76. The molecule has 66 valence electrons. The van der Waals surface area contributed by atoms with Gasteiger partial charge in [-0.05, 0) is 6.92 Å². The Hall–Kier alpha value is -1.03. The molecule has 4 heteroatoms. The number of aromatic nitrogens is 2. The third kappa shape index (κ3) is 0.914. The SMILES string of the molecule is CC1NCCc2[nH]n(C)c(=O)c21. The van der Waals surface area contributed by atoms with Gasteiger partial charge < -0.3 is 5.32 Å². The zero-order valence-corrected chi connectivity index (χ0v) is 7.35. The molecule has 2 rings (SSSR count). The Labute approximate surface area is 70.6 Å². The maximum atomic E-state index is 11.5. The molecule has 1 aliphatic heterocycles. The second-order valence-corrected chi connectivity index (χ2v) is 3.29. The Morgan fingerprint density at radius 1 is 1.58 bits per heavy atom. The van der Waals surface area contributed by atoms with E-state index in [1.807, 2.05) is 6.92 Å². The van der Waals surface area contributed by atoms with Gasteiger partial charge in [-0.25, -0.2) is 0 Å². The zero-order valence-electron chi connectivity index (χ0n) is 7.35. The van der Waals surface area contributed by atoms with Gasteiger partial charge in [0.1, 0.15) is 0 Å². The lowest BCUT2D eigenvalue weighted by Gasteiger charge is -2.18. The second kappa shape index (κ2) is 2.48. The summed E-state index contributed by atoms with van der Waals surface area (Å²) >= 11 is 0. The van der Waals surface area contributed by atoms with E-state index in [0.29, 0.717) is 0 Å². The molecule has 0 amide bonds. The molecule has 4 nitrogen and oxygen atoms in total. The van der Waals surface area contributed by atoms with Gasteiger partial charge in [0, 0.05) is 31.7 Å². The highest BCUT2D eigenvalue weighted by molar-refractivity contribution is 5.23. The number of H-pyrrole nitrogens is 1. The first-order valence-electron chi connectivity index (χ1n) is 4.21. The molecule has 2 N–H and O–H groups in total. The Kier molecular flexibility index (Phi) is 1.58. The molecule has 0 bridgehead atoms. The fourth-order valence-electron chi connectivity index (χ4n) is 1.78. The number of hydrogen-bond acceptors (Lipinski definition) is 2. The molecular weight excluding hydrogens is 154 g/mol. The van der Waals surface area contributed by atoms with Crippen molar-refractivity contribution in [3.8, 4) is 0 Å². The molecule has 0 saturated heterocycles. The van der Waals surface area contributed by atoms with Crippen LogP contribution in [0.4, 0.5) is 0 Å². The molecule has 0 aliphatic carbocycles. The Bertz CT molecular complexity index is 350. The van der Waals surface area contributed by atoms with E-state index in [-0.39, 0.29) is 11.6 Å². The first kappa shape index (κ1) is 7.61. The van der Waals surface area contributed by atoms with Crippen molar-refractivity contribution in [3.05, 3.63) is 21.6 Å². The number of fused-ring (bicyclic) bond motifs is 1. The number of rotatable bonds is 0. The average Bonchev–Trinajstić information content (AvgIpc) is 2.29. The number of nitrogens with zero attached hydrogens (tertiary/aromatic N) is 1. The lowest BCUT2D eigenvalue weighted by Crippen LogP contribution is -2.31. The van der Waals surface area contributed by atoms with Crippen molar-refractivity contribution in [1.29, 1.82) is 0 Å². The van der Waals surface area contributed by atoms with Crippen molar-refractivity contribution in [3.63, 3.8) is 0 Å². The minimum absolute atomic E-state index is 0.102. The predicted molar refractivity (Wildman–Crippen MR) is 46.2 cm³/mol. The molecule has 0 fully saturated rings. The fraction of sp³-hybridized carbons (Fsp3) is 0.625. The summed E-state index contributed by atoms with van der Waals surface area (Å²) < 4.78 is 1.55. The van der Waals surface area contributed by atoms with Crippen molar-refractivity contribution in [2.24, 2.45) is 7.05 Å². The van der Waals surface area contributed by atoms with Crippen LogP contribution in [0.15, 0.2) is 4.79 Å². The zero-order chi connectivity index (χ0) is 8.72. The number of aryl methyl sites for hydroxylation is 1. The van der Waals surface area contributed by atoms with Crippen LogP contribution in [0.3, 0.4) is 0 Å². The number of aromatic amines is 1. The van der Waals surface area contributed by atoms with Crippen molar-refractivity contribution in [1.82, 2.24) is 15.1 Å². The van der Waals surface area contributed by atoms with Crippen molar-refractivity contribution < 1.29 is 0 Å². The van der Waals surface area contributed by atoms with E-state index in [1.165, 1.54) is 0 Å². The van der Waals surface area contributed by atoms with E-state index in [4.69, 9.17) is 0 Å². The van der Waals surface area contributed by atoms with Gasteiger partial charge in [-0.1, -0.05) is 0 Å². The topological polar surface area (TPSA) is 49.8 Å². The summed E-state index contributed by atoms with van der Waals surface area (Å²) in [5, 5.41) is 6.32. The molecule has 2 heterocycles. The monoisotopic (exact) mass is 167 g/mol. The maximum absolute atomic E-state index is 11.5. The van der Waals surface area contributed by atoms with Gasteiger partial charge >= 0.3 is 0 Å². The maximum Gasteiger partial charge on any atom is 0.271 e. The molecule has 1 aliphatic rings. The molecule has 12 heavy (non-hydrogen) atoms. The molecule has 0 aromatic carbocycles. The third-order valence-electron chi connectivity index (χ3n) is 2.42. The molecule has 1 unspecified atom stereocenters. The van der Waals surface area contributed by atoms with Crippen LogP contribution in [0.5, 0.6) is 0 Å². The van der Waals surface area contributed by atoms with Crippen LogP contribution in [0.25, 0.3) is 0 Å². The molecule has 0 spiro atoms. The third-order valence-corrected chi connectivity index (χ3v) is 2.42. The van der Waals surface area contributed by atoms with E-state index in [2.05, 4.69) is 10.4 Å². The normalized spacial score (nSPS) is 22.3. The fourth-order valence-corrected chi connectivity index (χ4v) is 1.78. The van der Waals surface area contributed by atoms with Crippen LogP contribution in [0.1, 0.15) is 24.2 Å². The highest BCUT2D eigenvalue weighted by Crippen LogP contribution is 2.16. The first-order chi connectivity index (χ1) is 5.70. The van der Waals surface area contributed by atoms with Crippen LogP contribution >= 0.6 is 0 Å². The summed E-state index contributed by atoms with van der Waals surface area (Å²) in [6, 6.07) is 0.193. The largest absolute Gasteiger partial charge is 0.310 e. The number of hydrogen-bond donors (Lipinski definition) is 2. The smallest absolute Gasteiger partial charge is 0.271 e. The second-order valence-electron chi connectivity index (χ2n) is 3.29. The van der Waals surface area contributed by atoms with Gasteiger partial charge in [-0.15, -0.1) is 0 Å². The molecule has 1 aromatic heterocycles. The van der Waals surface area contributed by atoms with Crippen LogP contribution in [-0.4, -0.2) is 16.3 Å². The van der Waals surface area contributed by atoms with Gasteiger partial charge in [0.05, 0.1) is 5.56 Å². The van der Waals surface area contributed by atoms with Crippen LogP contribution < -0.4 is 10.9 Å². The Balaban J connectivity index is 2.61. The van der Waals surface area contributed by atoms with Crippen molar-refractivity contribution in [2.75, 3.05) is 6.54 Å². The molecule has 0 radical (unpaired) electrons. The lowest BCUT2D eigenvalue weighted by atomic mass is 10.0. The van der Waals surface area contributed by atoms with E-state index < -0.39 is 0 Å². The summed E-state index contributed by atoms with van der Waals surface area (Å²) in [5.74, 6) is 0. The van der Waals surface area contributed by atoms with E-state index >= 15 is 0 Å². The van der Waals surface area contributed by atoms with Gasteiger partial charge in [0.2, 0.25) is 0 Å². The van der Waals surface area contributed by atoms with Crippen molar-refractivity contribution >= 4 is 0 Å². The minimum Gasteiger partial charge on any atom is -0.310 e. The molecule has 1 aromatic rings. The Morgan fingerprint density at radius 2 is 2.33 bits per heavy atom. The molecule has 0 saturated carbocycles. The van der Waals surface area contributed by atoms with E-state index in [0.717, 1.165) is 24.2 Å². The summed E-state index contributed by atoms with van der Waals surface area (Å²) in [6.07, 6.45) is 0.926. The standard InChI is InChI=1S/C8H13N3O/c1-5-7-6(3-4-9-5)10-11(2)8(7)12/h5,9-10H,3-4H2,1-2H3. The van der Waals surface area contributed by atoms with E-state index in [9.17, 15) is 4.79 Å². The Morgan fingerprint density at radius 3 is 3.00 bits per heavy atom. The van der Waals surface area contributed by atoms with E-state index in [1.54, 1.807) is 11.7 Å². The van der Waals surface area contributed by atoms with Gasteiger partial charge in [0.15, 0.2) is 0 Å². The highest BCUT2D eigenvalue weighted by atomic mass is 16.1. The molecule has 1 atom stereocenters. The van der Waals surface area contributed by atoms with Crippen LogP contribution in [0, 0.1) is 0 Å². The quantitative estimate of drug-likeness (QED) is 0.568. The first-order valence-corrected chi connectivity index (χ1v) is 4.21. The summed E-state index contributed by atoms with van der Waals surface area (Å²) in [5.41, 5.74) is 2.10. The van der Waals surface area contributed by atoms with Gasteiger partial charge in [-0.2, -0.15) is 0 Å². The van der Waals surface area contributed by atoms with Gasteiger partial charge in [-0.3, -0.25) is 14.6 Å². The van der Waals surface area contributed by atoms with Crippen molar-refractivity contribution in [2.45, 2.75) is 19.4 Å². The predicted octanol–water partition coefficient (Wildman–Crippen LogP) is -0.0799. The van der Waals surface area contributed by atoms with Crippen LogP contribution in [0.2, 0.25) is 0 Å². The van der Waals surface area contributed by atoms with Gasteiger partial charge in [0.25, 0.3) is 5.56 Å².